The number of allylic oxidation sites excluding steroid dienone is 10. The SMILES string of the molecule is CC/C=C\C/C=C\C/C=C\CCCCCC(=O)OC(COC(=O)CCCCCCC/C=C\C/C=C\CCCCC)COC(OCC[N+](C)(C)C)C(=O)O. The van der Waals surface area contributed by atoms with Gasteiger partial charge in [-0.2, -0.15) is 0 Å². The van der Waals surface area contributed by atoms with E-state index in [1.54, 1.807) is 0 Å². The molecule has 0 radical (unpaired) electrons. The molecule has 9 nitrogen and oxygen atoms in total. The Bertz CT molecular complexity index is 1060. The number of hydrogen-bond donors (Lipinski definition) is 1. The summed E-state index contributed by atoms with van der Waals surface area (Å²) in [4.78, 5) is 37.0. The van der Waals surface area contributed by atoms with Gasteiger partial charge in [-0.05, 0) is 77.0 Å². The summed E-state index contributed by atoms with van der Waals surface area (Å²) in [5.41, 5.74) is 0. The van der Waals surface area contributed by atoms with Crippen molar-refractivity contribution < 1.29 is 42.9 Å². The molecule has 0 heterocycles. The van der Waals surface area contributed by atoms with Crippen LogP contribution in [0.2, 0.25) is 0 Å². The highest BCUT2D eigenvalue weighted by Gasteiger charge is 2.25. The number of esters is 2. The van der Waals surface area contributed by atoms with Gasteiger partial charge in [-0.3, -0.25) is 9.59 Å². The number of aliphatic carboxylic acids is 1. The number of likely N-dealkylation sites (N-methyl/N-ethyl adjacent to an activating group) is 1. The summed E-state index contributed by atoms with van der Waals surface area (Å²) < 4.78 is 22.6. The van der Waals surface area contributed by atoms with Gasteiger partial charge in [0.2, 0.25) is 0 Å². The van der Waals surface area contributed by atoms with Crippen molar-refractivity contribution in [2.24, 2.45) is 0 Å². The van der Waals surface area contributed by atoms with Crippen LogP contribution in [-0.4, -0.2) is 87.4 Å². The first-order valence-electron chi connectivity index (χ1n) is 20.5. The van der Waals surface area contributed by atoms with E-state index in [1.165, 1.54) is 25.7 Å². The number of unbranched alkanes of at least 4 members (excludes halogenated alkanes) is 11. The number of rotatable bonds is 36. The Labute approximate surface area is 323 Å². The molecule has 0 aromatic heterocycles. The van der Waals surface area contributed by atoms with Crippen molar-refractivity contribution in [3.8, 4) is 0 Å². The van der Waals surface area contributed by atoms with Gasteiger partial charge in [0.25, 0.3) is 6.29 Å². The molecule has 9 heteroatoms. The third-order valence-electron chi connectivity index (χ3n) is 8.26. The zero-order valence-corrected chi connectivity index (χ0v) is 34.2. The van der Waals surface area contributed by atoms with E-state index in [0.29, 0.717) is 17.4 Å². The third kappa shape index (κ3) is 37.1. The Kier molecular flexibility index (Phi) is 33.9. The van der Waals surface area contributed by atoms with Gasteiger partial charge < -0.3 is 28.5 Å². The topological polar surface area (TPSA) is 108 Å². The van der Waals surface area contributed by atoms with Crippen LogP contribution < -0.4 is 0 Å². The highest BCUT2D eigenvalue weighted by Crippen LogP contribution is 2.11. The van der Waals surface area contributed by atoms with Gasteiger partial charge in [-0.25, -0.2) is 4.79 Å². The molecule has 0 saturated heterocycles. The third-order valence-corrected chi connectivity index (χ3v) is 8.26. The zero-order valence-electron chi connectivity index (χ0n) is 34.2. The van der Waals surface area contributed by atoms with E-state index in [1.807, 2.05) is 21.1 Å². The fourth-order valence-electron chi connectivity index (χ4n) is 5.05. The Hall–Kier alpha value is -3.01. The van der Waals surface area contributed by atoms with Gasteiger partial charge in [-0.15, -0.1) is 0 Å². The van der Waals surface area contributed by atoms with Crippen molar-refractivity contribution in [3.63, 3.8) is 0 Å². The van der Waals surface area contributed by atoms with Crippen molar-refractivity contribution in [2.45, 2.75) is 155 Å². The molecular formula is C44H76NO8+. The summed E-state index contributed by atoms with van der Waals surface area (Å²) in [7, 11) is 5.92. The fourth-order valence-corrected chi connectivity index (χ4v) is 5.05. The highest BCUT2D eigenvalue weighted by atomic mass is 16.7. The number of nitrogens with zero attached hydrogens (tertiary/aromatic N) is 1. The lowest BCUT2D eigenvalue weighted by Gasteiger charge is -2.25. The van der Waals surface area contributed by atoms with Crippen LogP contribution in [0.3, 0.4) is 0 Å². The maximum absolute atomic E-state index is 12.7. The molecule has 0 spiro atoms. The number of ether oxygens (including phenoxy) is 4. The minimum Gasteiger partial charge on any atom is -0.477 e. The van der Waals surface area contributed by atoms with E-state index in [-0.39, 0.29) is 38.6 Å². The number of carboxylic acids is 1. The lowest BCUT2D eigenvalue weighted by atomic mass is 10.1. The van der Waals surface area contributed by atoms with Crippen molar-refractivity contribution in [1.82, 2.24) is 0 Å². The first-order chi connectivity index (χ1) is 25.6. The minimum absolute atomic E-state index is 0.177. The summed E-state index contributed by atoms with van der Waals surface area (Å²) in [5.74, 6) is -2.08. The monoisotopic (exact) mass is 747 g/mol. The van der Waals surface area contributed by atoms with Gasteiger partial charge in [0.05, 0.1) is 34.4 Å². The molecule has 0 aromatic rings. The molecule has 0 saturated carbocycles. The van der Waals surface area contributed by atoms with Crippen molar-refractivity contribution in [2.75, 3.05) is 47.5 Å². The second-order valence-electron chi connectivity index (χ2n) is 14.6. The first-order valence-corrected chi connectivity index (χ1v) is 20.5. The summed E-state index contributed by atoms with van der Waals surface area (Å²) >= 11 is 0. The van der Waals surface area contributed by atoms with Crippen LogP contribution in [0, 0.1) is 0 Å². The van der Waals surface area contributed by atoms with Crippen LogP contribution in [0.1, 0.15) is 142 Å². The fraction of sp³-hybridized carbons (Fsp3) is 0.705. The van der Waals surface area contributed by atoms with Crippen LogP contribution >= 0.6 is 0 Å². The molecule has 0 aromatic carbocycles. The Morgan fingerprint density at radius 1 is 0.585 bits per heavy atom. The molecule has 0 bridgehead atoms. The predicted molar refractivity (Wildman–Crippen MR) is 216 cm³/mol. The second kappa shape index (κ2) is 36.0. The Balaban J connectivity index is 4.58. The van der Waals surface area contributed by atoms with Crippen molar-refractivity contribution in [3.05, 3.63) is 60.8 Å². The van der Waals surface area contributed by atoms with Gasteiger partial charge in [0.1, 0.15) is 13.2 Å². The molecule has 0 fully saturated rings. The molecule has 2 unspecified atom stereocenters. The van der Waals surface area contributed by atoms with Gasteiger partial charge in [0.15, 0.2) is 6.10 Å². The first kappa shape index (κ1) is 50.0. The number of carbonyl (C=O) groups is 3. The normalized spacial score (nSPS) is 13.6. The molecule has 0 amide bonds. The molecule has 53 heavy (non-hydrogen) atoms. The van der Waals surface area contributed by atoms with E-state index in [9.17, 15) is 19.5 Å². The largest absolute Gasteiger partial charge is 0.477 e. The summed E-state index contributed by atoms with van der Waals surface area (Å²) in [6.45, 7) is 4.64. The van der Waals surface area contributed by atoms with Crippen molar-refractivity contribution in [1.29, 1.82) is 0 Å². The highest BCUT2D eigenvalue weighted by molar-refractivity contribution is 5.71. The van der Waals surface area contributed by atoms with E-state index in [0.717, 1.165) is 83.5 Å². The second-order valence-corrected chi connectivity index (χ2v) is 14.6. The van der Waals surface area contributed by atoms with Crippen LogP contribution in [0.4, 0.5) is 0 Å². The van der Waals surface area contributed by atoms with Crippen LogP contribution in [0.25, 0.3) is 0 Å². The number of quaternary nitrogens is 1. The minimum atomic E-state index is -1.52. The summed E-state index contributed by atoms with van der Waals surface area (Å²) in [5, 5.41) is 9.60. The molecule has 0 aliphatic carbocycles. The molecule has 2 atom stereocenters. The van der Waals surface area contributed by atoms with E-state index in [2.05, 4.69) is 74.6 Å². The number of carboxylic acid groups (broad SMARTS) is 1. The van der Waals surface area contributed by atoms with Crippen LogP contribution in [-0.2, 0) is 33.3 Å². The van der Waals surface area contributed by atoms with Gasteiger partial charge >= 0.3 is 17.9 Å². The van der Waals surface area contributed by atoms with E-state index < -0.39 is 24.3 Å². The smallest absolute Gasteiger partial charge is 0.361 e. The molecule has 0 aliphatic heterocycles. The van der Waals surface area contributed by atoms with Crippen LogP contribution in [0.15, 0.2) is 60.8 Å². The number of carbonyl (C=O) groups excluding carboxylic acids is 2. The van der Waals surface area contributed by atoms with Crippen LogP contribution in [0.5, 0.6) is 0 Å². The molecule has 0 rings (SSSR count). The van der Waals surface area contributed by atoms with Gasteiger partial charge in [0, 0.05) is 12.8 Å². The molecular weight excluding hydrogens is 670 g/mol. The zero-order chi connectivity index (χ0) is 39.3. The van der Waals surface area contributed by atoms with E-state index in [4.69, 9.17) is 18.9 Å². The predicted octanol–water partition coefficient (Wildman–Crippen LogP) is 10.2. The maximum Gasteiger partial charge on any atom is 0.361 e. The van der Waals surface area contributed by atoms with E-state index >= 15 is 0 Å². The summed E-state index contributed by atoms with van der Waals surface area (Å²) in [6.07, 6.45) is 38.5. The van der Waals surface area contributed by atoms with Crippen molar-refractivity contribution >= 4 is 17.9 Å². The summed E-state index contributed by atoms with van der Waals surface area (Å²) in [6, 6.07) is 0. The maximum atomic E-state index is 12.7. The quantitative estimate of drug-likeness (QED) is 0.0222. The van der Waals surface area contributed by atoms with Gasteiger partial charge in [-0.1, -0.05) is 113 Å². The average Bonchev–Trinajstić information content (AvgIpc) is 3.11. The Morgan fingerprint density at radius 3 is 1.62 bits per heavy atom. The molecule has 0 aliphatic rings. The Morgan fingerprint density at radius 2 is 1.08 bits per heavy atom. The molecule has 304 valence electrons. The average molecular weight is 747 g/mol. The molecule has 1 N–H and O–H groups in total. The number of hydrogen-bond acceptors (Lipinski definition) is 7. The standard InChI is InChI=1S/C44H75NO8/c1-6-8-10-12-14-16-18-20-21-23-24-26-28-30-32-34-41(46)51-38-40(39-52-44(43(48)49)50-37-36-45(3,4)5)53-42(47)35-33-31-29-27-25-22-19-17-15-13-11-9-7-2/h9,11,14-17,20-22,25,40,44H,6-8,10,12-13,18-19,23-24,26-39H2,1-5H3/p+1/b11-9-,16-14-,17-15-,21-20-,25-22-. The lowest BCUT2D eigenvalue weighted by Crippen LogP contribution is -2.40. The lowest BCUT2D eigenvalue weighted by molar-refractivity contribution is -0.870.